The third-order valence-electron chi connectivity index (χ3n) is 3.56. The van der Waals surface area contributed by atoms with Crippen molar-refractivity contribution in [1.82, 2.24) is 10.1 Å². The number of hydrogen-bond donors (Lipinski definition) is 0. The van der Waals surface area contributed by atoms with Crippen LogP contribution >= 0.6 is 0 Å². The minimum atomic E-state index is 0.257. The summed E-state index contributed by atoms with van der Waals surface area (Å²) in [6, 6.07) is 2.03. The Labute approximate surface area is 77.7 Å². The van der Waals surface area contributed by atoms with Crippen molar-refractivity contribution in [2.24, 2.45) is 0 Å². The molecule has 0 unspecified atom stereocenters. The fraction of sp³-hybridized carbons (Fsp3) is 0.700. The fourth-order valence-electron chi connectivity index (χ4n) is 2.98. The quantitative estimate of drug-likeness (QED) is 0.656. The van der Waals surface area contributed by atoms with E-state index in [1.54, 1.807) is 6.26 Å². The predicted octanol–water partition coefficient (Wildman–Crippen LogP) is 1.76. The van der Waals surface area contributed by atoms with E-state index >= 15 is 0 Å². The first-order valence-corrected chi connectivity index (χ1v) is 5.08. The first-order chi connectivity index (χ1) is 6.42. The van der Waals surface area contributed by atoms with Gasteiger partial charge in [-0.15, -0.1) is 0 Å². The second-order valence-corrected chi connectivity index (χ2v) is 4.11. The Morgan fingerprint density at radius 1 is 1.31 bits per heavy atom. The minimum Gasteiger partial charge on any atom is -0.364 e. The summed E-state index contributed by atoms with van der Waals surface area (Å²) in [5, 5.41) is 4.12. The molecule has 0 radical (unpaired) electrons. The van der Waals surface area contributed by atoms with Crippen LogP contribution in [0.1, 0.15) is 31.4 Å². The number of rotatable bonds is 1. The van der Waals surface area contributed by atoms with Crippen LogP contribution in [0.5, 0.6) is 0 Å². The molecule has 2 saturated heterocycles. The average molecular weight is 178 g/mol. The lowest BCUT2D eigenvalue weighted by molar-refractivity contribution is 0.184. The maximum atomic E-state index is 4.95. The lowest BCUT2D eigenvalue weighted by atomic mass is 9.90. The molecular formula is C10H14N2O. The number of hydrogen-bond acceptors (Lipinski definition) is 3. The lowest BCUT2D eigenvalue weighted by Crippen LogP contribution is -2.35. The predicted molar refractivity (Wildman–Crippen MR) is 48.2 cm³/mol. The zero-order valence-electron chi connectivity index (χ0n) is 7.70. The van der Waals surface area contributed by atoms with Crippen LogP contribution in [-0.4, -0.2) is 23.1 Å². The summed E-state index contributed by atoms with van der Waals surface area (Å²) in [6.45, 7) is 2.49. The van der Waals surface area contributed by atoms with Crippen molar-refractivity contribution >= 4 is 0 Å². The Hall–Kier alpha value is -0.830. The van der Waals surface area contributed by atoms with Gasteiger partial charge in [0.05, 0.1) is 5.54 Å². The van der Waals surface area contributed by atoms with Crippen LogP contribution in [0.25, 0.3) is 0 Å². The van der Waals surface area contributed by atoms with Crippen LogP contribution in [0.2, 0.25) is 0 Å². The molecule has 1 aromatic heterocycles. The molecule has 0 saturated carbocycles. The molecule has 70 valence electrons. The molecule has 2 aliphatic heterocycles. The van der Waals surface area contributed by atoms with Gasteiger partial charge in [-0.05, 0) is 38.8 Å². The van der Waals surface area contributed by atoms with Crippen molar-refractivity contribution in [3.63, 3.8) is 0 Å². The van der Waals surface area contributed by atoms with E-state index in [1.165, 1.54) is 38.8 Å². The van der Waals surface area contributed by atoms with Gasteiger partial charge >= 0.3 is 0 Å². The molecule has 3 rings (SSSR count). The average Bonchev–Trinajstić information content (AvgIpc) is 2.79. The van der Waals surface area contributed by atoms with E-state index < -0.39 is 0 Å². The van der Waals surface area contributed by atoms with E-state index in [2.05, 4.69) is 10.1 Å². The summed E-state index contributed by atoms with van der Waals surface area (Å²) in [5.74, 6) is 0. The monoisotopic (exact) mass is 178 g/mol. The molecule has 3 heteroatoms. The normalized spacial score (nSPS) is 26.5. The first-order valence-electron chi connectivity index (χ1n) is 5.08. The van der Waals surface area contributed by atoms with E-state index in [0.29, 0.717) is 0 Å². The van der Waals surface area contributed by atoms with Gasteiger partial charge in [0, 0.05) is 6.07 Å². The maximum Gasteiger partial charge on any atom is 0.124 e. The van der Waals surface area contributed by atoms with Gasteiger partial charge in [0.1, 0.15) is 12.0 Å². The Morgan fingerprint density at radius 3 is 2.69 bits per heavy atom. The SMILES string of the molecule is c1cc(C23CCCN2CCC3)no1. The fourth-order valence-corrected chi connectivity index (χ4v) is 2.98. The van der Waals surface area contributed by atoms with E-state index in [9.17, 15) is 0 Å². The van der Waals surface area contributed by atoms with E-state index in [1.807, 2.05) is 6.07 Å². The molecule has 1 aromatic rings. The highest BCUT2D eigenvalue weighted by atomic mass is 16.5. The third-order valence-corrected chi connectivity index (χ3v) is 3.56. The molecule has 2 aliphatic rings. The summed E-state index contributed by atoms with van der Waals surface area (Å²) in [6.07, 6.45) is 6.84. The van der Waals surface area contributed by atoms with Gasteiger partial charge in [0.15, 0.2) is 0 Å². The van der Waals surface area contributed by atoms with Gasteiger partial charge in [-0.2, -0.15) is 0 Å². The van der Waals surface area contributed by atoms with Crippen LogP contribution in [-0.2, 0) is 5.54 Å². The van der Waals surface area contributed by atoms with Crippen LogP contribution in [0.15, 0.2) is 16.9 Å². The van der Waals surface area contributed by atoms with Crippen LogP contribution in [0.4, 0.5) is 0 Å². The topological polar surface area (TPSA) is 29.3 Å². The highest BCUT2D eigenvalue weighted by Crippen LogP contribution is 2.45. The van der Waals surface area contributed by atoms with Gasteiger partial charge in [-0.3, -0.25) is 4.90 Å². The molecule has 0 N–H and O–H groups in total. The van der Waals surface area contributed by atoms with Gasteiger partial charge in [0.25, 0.3) is 0 Å². The zero-order valence-corrected chi connectivity index (χ0v) is 7.70. The highest BCUT2D eigenvalue weighted by molar-refractivity contribution is 5.17. The first kappa shape index (κ1) is 7.56. The summed E-state index contributed by atoms with van der Waals surface area (Å²) < 4.78 is 4.95. The van der Waals surface area contributed by atoms with Crippen molar-refractivity contribution < 1.29 is 4.52 Å². The Bertz CT molecular complexity index is 284. The lowest BCUT2D eigenvalue weighted by Gasteiger charge is -2.29. The summed E-state index contributed by atoms with van der Waals surface area (Å²) in [5.41, 5.74) is 1.41. The summed E-state index contributed by atoms with van der Waals surface area (Å²) in [7, 11) is 0. The van der Waals surface area contributed by atoms with Crippen molar-refractivity contribution in [2.45, 2.75) is 31.2 Å². The van der Waals surface area contributed by atoms with E-state index in [4.69, 9.17) is 4.52 Å². The largest absolute Gasteiger partial charge is 0.364 e. The number of fused-ring (bicyclic) bond motifs is 1. The Kier molecular flexibility index (Phi) is 1.50. The van der Waals surface area contributed by atoms with Crippen LogP contribution < -0.4 is 0 Å². The standard InChI is InChI=1S/C10H14N2O/c1-4-10(9-3-8-13-11-9)5-2-7-12(10)6-1/h3,8H,1-2,4-7H2. The van der Waals surface area contributed by atoms with Gasteiger partial charge in [-0.25, -0.2) is 0 Å². The Balaban J connectivity index is 2.03. The van der Waals surface area contributed by atoms with Gasteiger partial charge in [0.2, 0.25) is 0 Å². The molecule has 0 aliphatic carbocycles. The van der Waals surface area contributed by atoms with Crippen LogP contribution in [0, 0.1) is 0 Å². The Morgan fingerprint density at radius 2 is 2.08 bits per heavy atom. The molecule has 0 aromatic carbocycles. The zero-order chi connectivity index (χ0) is 8.73. The summed E-state index contributed by atoms with van der Waals surface area (Å²) in [4.78, 5) is 2.57. The van der Waals surface area contributed by atoms with Crippen molar-refractivity contribution in [3.8, 4) is 0 Å². The van der Waals surface area contributed by atoms with Crippen LogP contribution in [0.3, 0.4) is 0 Å². The molecule has 3 nitrogen and oxygen atoms in total. The van der Waals surface area contributed by atoms with Crippen molar-refractivity contribution in [2.75, 3.05) is 13.1 Å². The number of nitrogens with zero attached hydrogens (tertiary/aromatic N) is 2. The van der Waals surface area contributed by atoms with Crippen molar-refractivity contribution in [3.05, 3.63) is 18.0 Å². The second kappa shape index (κ2) is 2.58. The van der Waals surface area contributed by atoms with Gasteiger partial charge < -0.3 is 4.52 Å². The van der Waals surface area contributed by atoms with E-state index in [0.717, 1.165) is 5.69 Å². The molecule has 3 heterocycles. The highest BCUT2D eigenvalue weighted by Gasteiger charge is 2.47. The second-order valence-electron chi connectivity index (χ2n) is 4.11. The van der Waals surface area contributed by atoms with Crippen molar-refractivity contribution in [1.29, 1.82) is 0 Å². The number of aromatic nitrogens is 1. The smallest absolute Gasteiger partial charge is 0.124 e. The molecule has 0 bridgehead atoms. The molecule has 0 spiro atoms. The summed E-state index contributed by atoms with van der Waals surface area (Å²) >= 11 is 0. The minimum absolute atomic E-state index is 0.257. The third kappa shape index (κ3) is 0.908. The molecule has 13 heavy (non-hydrogen) atoms. The molecule has 0 atom stereocenters. The van der Waals surface area contributed by atoms with Gasteiger partial charge in [-0.1, -0.05) is 5.16 Å². The molecular weight excluding hydrogens is 164 g/mol. The molecule has 0 amide bonds. The molecule has 2 fully saturated rings. The van der Waals surface area contributed by atoms with E-state index in [-0.39, 0.29) is 5.54 Å². The maximum absolute atomic E-state index is 4.95.